The van der Waals surface area contributed by atoms with Crippen LogP contribution in [0.15, 0.2) is 31.0 Å². The zero-order chi connectivity index (χ0) is 10.6. The first-order valence-electron chi connectivity index (χ1n) is 4.28. The lowest BCUT2D eigenvalue weighted by atomic mass is 10.1. The Morgan fingerprint density at radius 3 is 2.93 bits per heavy atom. The van der Waals surface area contributed by atoms with E-state index in [4.69, 9.17) is 5.73 Å². The maximum Gasteiger partial charge on any atom is 0.248 e. The van der Waals surface area contributed by atoms with E-state index in [-0.39, 0.29) is 24.4 Å². The molecule has 0 spiro atoms. The number of carbonyl (C=O) groups is 1. The quantitative estimate of drug-likeness (QED) is 0.772. The van der Waals surface area contributed by atoms with Crippen molar-refractivity contribution in [3.05, 3.63) is 36.5 Å². The van der Waals surface area contributed by atoms with Gasteiger partial charge in [0.15, 0.2) is 0 Å². The second-order valence-electron chi connectivity index (χ2n) is 2.96. The summed E-state index contributed by atoms with van der Waals surface area (Å²) < 4.78 is 0. The molecule has 4 nitrogen and oxygen atoms in total. The van der Waals surface area contributed by atoms with Gasteiger partial charge in [0.2, 0.25) is 5.91 Å². The lowest BCUT2D eigenvalue weighted by Gasteiger charge is -2.07. The van der Waals surface area contributed by atoms with Crippen LogP contribution >= 0.6 is 12.4 Å². The van der Waals surface area contributed by atoms with Gasteiger partial charge in [-0.25, -0.2) is 4.98 Å². The number of rotatable bonds is 3. The van der Waals surface area contributed by atoms with Gasteiger partial charge in [-0.15, -0.1) is 12.4 Å². The van der Waals surface area contributed by atoms with Gasteiger partial charge < -0.3 is 11.1 Å². The van der Waals surface area contributed by atoms with Crippen LogP contribution < -0.4 is 11.1 Å². The van der Waals surface area contributed by atoms with Crippen molar-refractivity contribution in [2.24, 2.45) is 5.73 Å². The van der Waals surface area contributed by atoms with Crippen LogP contribution in [0, 0.1) is 0 Å². The summed E-state index contributed by atoms with van der Waals surface area (Å²) in [4.78, 5) is 14.9. The first-order valence-corrected chi connectivity index (χ1v) is 4.28. The Morgan fingerprint density at radius 1 is 1.73 bits per heavy atom. The number of hydrogen-bond donors (Lipinski definition) is 2. The highest BCUT2D eigenvalue weighted by Crippen LogP contribution is 2.12. The molecule has 3 N–H and O–H groups in total. The highest BCUT2D eigenvalue weighted by atomic mass is 35.5. The minimum absolute atomic E-state index is 0. The normalized spacial score (nSPS) is 11.1. The molecule has 1 amide bonds. The van der Waals surface area contributed by atoms with Gasteiger partial charge in [-0.3, -0.25) is 4.79 Å². The fraction of sp³-hybridized carbons (Fsp3) is 0.200. The molecule has 0 radical (unpaired) electrons. The molecule has 0 aromatic carbocycles. The fourth-order valence-corrected chi connectivity index (χ4v) is 0.976. The molecule has 1 rings (SSSR count). The van der Waals surface area contributed by atoms with E-state index in [1.54, 1.807) is 12.3 Å². The Labute approximate surface area is 95.0 Å². The molecule has 1 heterocycles. The molecule has 0 fully saturated rings. The highest BCUT2D eigenvalue weighted by molar-refractivity contribution is 5.98. The minimum Gasteiger partial charge on any atom is -0.324 e. The van der Waals surface area contributed by atoms with Gasteiger partial charge in [0.05, 0.1) is 0 Å². The summed E-state index contributed by atoms with van der Waals surface area (Å²) >= 11 is 0. The van der Waals surface area contributed by atoms with Gasteiger partial charge in [0.1, 0.15) is 5.82 Å². The summed E-state index contributed by atoms with van der Waals surface area (Å²) in [6.07, 6.45) is 2.80. The first-order chi connectivity index (χ1) is 6.63. The van der Waals surface area contributed by atoms with Gasteiger partial charge in [-0.2, -0.15) is 0 Å². The maximum atomic E-state index is 11.0. The third-order valence-electron chi connectivity index (χ3n) is 1.75. The molecule has 1 atom stereocenters. The summed E-state index contributed by atoms with van der Waals surface area (Å²) in [5.74, 6) is 0.212. The van der Waals surface area contributed by atoms with Crippen molar-refractivity contribution in [2.45, 2.75) is 13.0 Å². The van der Waals surface area contributed by atoms with Gasteiger partial charge in [0, 0.05) is 12.2 Å². The number of halogens is 1. The van der Waals surface area contributed by atoms with E-state index in [1.807, 2.05) is 13.0 Å². The van der Waals surface area contributed by atoms with Crippen LogP contribution in [-0.2, 0) is 4.79 Å². The van der Waals surface area contributed by atoms with E-state index in [9.17, 15) is 4.79 Å². The van der Waals surface area contributed by atoms with E-state index >= 15 is 0 Å². The SMILES string of the molecule is C=CC(=O)Nc1cc(C(C)N)ccn1.Cl. The zero-order valence-corrected chi connectivity index (χ0v) is 9.25. The molecule has 1 aromatic rings. The Balaban J connectivity index is 0.00000196. The van der Waals surface area contributed by atoms with Crippen molar-refractivity contribution in [3.8, 4) is 0 Å². The van der Waals surface area contributed by atoms with Crippen LogP contribution in [-0.4, -0.2) is 10.9 Å². The number of hydrogen-bond acceptors (Lipinski definition) is 3. The monoisotopic (exact) mass is 227 g/mol. The maximum absolute atomic E-state index is 11.0. The molecule has 5 heteroatoms. The standard InChI is InChI=1S/C10H13N3O.ClH/c1-3-10(14)13-9-6-8(7(2)11)4-5-12-9;/h3-7H,1,11H2,2H3,(H,12,13,14);1H. The Hall–Kier alpha value is -1.39. The van der Waals surface area contributed by atoms with Crippen LogP contribution in [0.5, 0.6) is 0 Å². The average Bonchev–Trinajstić information content (AvgIpc) is 2.18. The van der Waals surface area contributed by atoms with Crippen molar-refractivity contribution in [2.75, 3.05) is 5.32 Å². The second-order valence-corrected chi connectivity index (χ2v) is 2.96. The molecule has 0 saturated carbocycles. The molecule has 1 unspecified atom stereocenters. The van der Waals surface area contributed by atoms with Gasteiger partial charge in [-0.1, -0.05) is 6.58 Å². The topological polar surface area (TPSA) is 68.0 Å². The Kier molecular flexibility index (Phi) is 5.59. The molecule has 0 aliphatic heterocycles. The number of nitrogens with two attached hydrogens (primary N) is 1. The zero-order valence-electron chi connectivity index (χ0n) is 8.43. The number of pyridine rings is 1. The molecule has 15 heavy (non-hydrogen) atoms. The second kappa shape index (κ2) is 6.16. The number of nitrogens with zero attached hydrogens (tertiary/aromatic N) is 1. The number of aromatic nitrogens is 1. The summed E-state index contributed by atoms with van der Waals surface area (Å²) in [5.41, 5.74) is 6.62. The van der Waals surface area contributed by atoms with Crippen molar-refractivity contribution in [1.29, 1.82) is 0 Å². The predicted octanol–water partition coefficient (Wildman–Crippen LogP) is 1.65. The van der Waals surface area contributed by atoms with Crippen molar-refractivity contribution in [1.82, 2.24) is 4.98 Å². The molecule has 0 aliphatic carbocycles. The summed E-state index contributed by atoms with van der Waals surface area (Å²) in [6, 6.07) is 3.48. The smallest absolute Gasteiger partial charge is 0.248 e. The van der Waals surface area contributed by atoms with Gasteiger partial charge >= 0.3 is 0 Å². The van der Waals surface area contributed by atoms with Crippen molar-refractivity contribution < 1.29 is 4.79 Å². The molecule has 1 aromatic heterocycles. The molecule has 0 aliphatic rings. The number of carbonyl (C=O) groups excluding carboxylic acids is 1. The molecule has 0 bridgehead atoms. The molecular formula is C10H14ClN3O. The minimum atomic E-state index is -0.278. The van der Waals surface area contributed by atoms with E-state index < -0.39 is 0 Å². The summed E-state index contributed by atoms with van der Waals surface area (Å²) in [7, 11) is 0. The van der Waals surface area contributed by atoms with Crippen LogP contribution in [0.25, 0.3) is 0 Å². The van der Waals surface area contributed by atoms with Crippen LogP contribution in [0.1, 0.15) is 18.5 Å². The van der Waals surface area contributed by atoms with Crippen molar-refractivity contribution >= 4 is 24.1 Å². The van der Waals surface area contributed by atoms with Gasteiger partial charge in [0.25, 0.3) is 0 Å². The predicted molar refractivity (Wildman–Crippen MR) is 62.9 cm³/mol. The Morgan fingerprint density at radius 2 is 2.40 bits per heavy atom. The van der Waals surface area contributed by atoms with E-state index in [0.29, 0.717) is 5.82 Å². The van der Waals surface area contributed by atoms with Crippen LogP contribution in [0.3, 0.4) is 0 Å². The molecule has 82 valence electrons. The van der Waals surface area contributed by atoms with E-state index in [1.165, 1.54) is 6.08 Å². The third-order valence-corrected chi connectivity index (χ3v) is 1.75. The van der Waals surface area contributed by atoms with Crippen LogP contribution in [0.2, 0.25) is 0 Å². The third kappa shape index (κ3) is 4.10. The molecule has 0 saturated heterocycles. The largest absolute Gasteiger partial charge is 0.324 e. The number of nitrogens with one attached hydrogen (secondary N) is 1. The lowest BCUT2D eigenvalue weighted by Crippen LogP contribution is -2.10. The average molecular weight is 228 g/mol. The van der Waals surface area contributed by atoms with Crippen molar-refractivity contribution in [3.63, 3.8) is 0 Å². The van der Waals surface area contributed by atoms with E-state index in [0.717, 1.165) is 5.56 Å². The summed E-state index contributed by atoms with van der Waals surface area (Å²) in [6.45, 7) is 5.22. The Bertz CT molecular complexity index is 352. The highest BCUT2D eigenvalue weighted by Gasteiger charge is 2.02. The lowest BCUT2D eigenvalue weighted by molar-refractivity contribution is -0.111. The molecular weight excluding hydrogens is 214 g/mol. The number of anilines is 1. The van der Waals surface area contributed by atoms with Gasteiger partial charge in [-0.05, 0) is 30.7 Å². The number of amides is 1. The van der Waals surface area contributed by atoms with Crippen LogP contribution in [0.4, 0.5) is 5.82 Å². The summed E-state index contributed by atoms with van der Waals surface area (Å²) in [5, 5.41) is 2.56. The fourth-order valence-electron chi connectivity index (χ4n) is 0.976. The first kappa shape index (κ1) is 13.6. The van der Waals surface area contributed by atoms with E-state index in [2.05, 4.69) is 16.9 Å².